The van der Waals surface area contributed by atoms with Gasteiger partial charge in [0.05, 0.1) is 10.6 Å². The van der Waals surface area contributed by atoms with Crippen LogP contribution in [-0.2, 0) is 0 Å². The summed E-state index contributed by atoms with van der Waals surface area (Å²) in [4.78, 5) is 19.2. The number of amides is 1. The molecule has 2 heterocycles. The molecule has 3 aromatic rings. The van der Waals surface area contributed by atoms with E-state index < -0.39 is 11.7 Å². The molecule has 0 fully saturated rings. The molecule has 1 aliphatic rings. The van der Waals surface area contributed by atoms with Gasteiger partial charge in [-0.15, -0.1) is 12.4 Å². The van der Waals surface area contributed by atoms with Crippen molar-refractivity contribution in [2.24, 2.45) is 0 Å². The lowest BCUT2D eigenvalue weighted by molar-refractivity contribution is 0.102. The number of aromatic nitrogens is 1. The molecular weight excluding hydrogens is 436 g/mol. The van der Waals surface area contributed by atoms with Crippen molar-refractivity contribution < 1.29 is 9.18 Å². The summed E-state index contributed by atoms with van der Waals surface area (Å²) < 4.78 is 14.0. The van der Waals surface area contributed by atoms with Crippen molar-refractivity contribution >= 4 is 47.0 Å². The lowest BCUT2D eigenvalue weighted by atomic mass is 9.95. The van der Waals surface area contributed by atoms with E-state index >= 15 is 0 Å². The lowest BCUT2D eigenvalue weighted by Gasteiger charge is -2.31. The molecule has 0 aliphatic carbocycles. The zero-order valence-corrected chi connectivity index (χ0v) is 18.5. The fourth-order valence-corrected chi connectivity index (χ4v) is 3.84. The van der Waals surface area contributed by atoms with Gasteiger partial charge in [-0.2, -0.15) is 0 Å². The van der Waals surface area contributed by atoms with Crippen LogP contribution in [0.3, 0.4) is 0 Å². The molecule has 4 rings (SSSR count). The van der Waals surface area contributed by atoms with E-state index in [1.165, 1.54) is 29.3 Å². The standard InChI is InChI=1S/C24H21ClFN3O.ClH/c1-16-12-14-29(22-7-2-3-13-27-22)15-19(16)17-8-10-18(11-9-17)28-24(30)23-20(25)5-4-6-21(23)26;/h2-11,13H,12,14-15H2,1H3,(H,28,30);1H. The van der Waals surface area contributed by atoms with Crippen LogP contribution in [0.4, 0.5) is 15.9 Å². The van der Waals surface area contributed by atoms with Gasteiger partial charge in [0.15, 0.2) is 0 Å². The molecule has 160 valence electrons. The Balaban J connectivity index is 0.00000272. The second-order valence-corrected chi connectivity index (χ2v) is 7.65. The topological polar surface area (TPSA) is 45.2 Å². The quantitative estimate of drug-likeness (QED) is 0.504. The molecule has 0 radical (unpaired) electrons. The first-order chi connectivity index (χ1) is 14.5. The molecule has 1 N–H and O–H groups in total. The predicted molar refractivity (Wildman–Crippen MR) is 127 cm³/mol. The van der Waals surface area contributed by atoms with Crippen LogP contribution >= 0.6 is 24.0 Å². The van der Waals surface area contributed by atoms with Gasteiger partial charge >= 0.3 is 0 Å². The van der Waals surface area contributed by atoms with Gasteiger partial charge in [0.2, 0.25) is 0 Å². The SMILES string of the molecule is CC1=C(c2ccc(NC(=O)c3c(F)cccc3Cl)cc2)CN(c2ccccn2)CC1.Cl. The van der Waals surface area contributed by atoms with Crippen molar-refractivity contribution in [3.8, 4) is 0 Å². The van der Waals surface area contributed by atoms with Gasteiger partial charge < -0.3 is 10.2 Å². The first kappa shape index (κ1) is 22.8. The van der Waals surface area contributed by atoms with Gasteiger partial charge in [0.1, 0.15) is 11.6 Å². The highest BCUT2D eigenvalue weighted by molar-refractivity contribution is 6.34. The molecule has 0 unspecified atom stereocenters. The molecule has 1 aliphatic heterocycles. The number of nitrogens with zero attached hydrogens (tertiary/aromatic N) is 2. The number of nitrogens with one attached hydrogen (secondary N) is 1. The third-order valence-corrected chi connectivity index (χ3v) is 5.59. The molecular formula is C24H22Cl2FN3O. The third-order valence-electron chi connectivity index (χ3n) is 5.28. The van der Waals surface area contributed by atoms with Crippen LogP contribution in [0.2, 0.25) is 5.02 Å². The number of anilines is 2. The molecule has 1 amide bonds. The smallest absolute Gasteiger partial charge is 0.260 e. The summed E-state index contributed by atoms with van der Waals surface area (Å²) in [7, 11) is 0. The Morgan fingerprint density at radius 2 is 1.87 bits per heavy atom. The molecule has 1 aromatic heterocycles. The van der Waals surface area contributed by atoms with E-state index in [0.717, 1.165) is 30.9 Å². The Labute approximate surface area is 192 Å². The average molecular weight is 458 g/mol. The minimum absolute atomic E-state index is 0. The number of hydrogen-bond donors (Lipinski definition) is 1. The fraction of sp³-hybridized carbons (Fsp3) is 0.167. The van der Waals surface area contributed by atoms with Gasteiger partial charge in [-0.05, 0) is 60.9 Å². The number of pyridine rings is 1. The van der Waals surface area contributed by atoms with E-state index in [1.807, 2.05) is 42.5 Å². The Hall–Kier alpha value is -2.89. The van der Waals surface area contributed by atoms with Crippen LogP contribution in [0.25, 0.3) is 5.57 Å². The van der Waals surface area contributed by atoms with Crippen LogP contribution in [0.15, 0.2) is 72.4 Å². The monoisotopic (exact) mass is 457 g/mol. The highest BCUT2D eigenvalue weighted by Crippen LogP contribution is 2.29. The molecule has 0 atom stereocenters. The highest BCUT2D eigenvalue weighted by Gasteiger charge is 2.19. The van der Waals surface area contributed by atoms with Crippen LogP contribution in [0.1, 0.15) is 29.3 Å². The highest BCUT2D eigenvalue weighted by atomic mass is 35.5. The summed E-state index contributed by atoms with van der Waals surface area (Å²) in [5.41, 5.74) is 4.12. The van der Waals surface area contributed by atoms with E-state index in [1.54, 1.807) is 6.20 Å². The Bertz CT molecular complexity index is 1080. The van der Waals surface area contributed by atoms with Gasteiger partial charge in [-0.3, -0.25) is 4.79 Å². The second kappa shape index (κ2) is 9.94. The Morgan fingerprint density at radius 3 is 2.55 bits per heavy atom. The van der Waals surface area contributed by atoms with Crippen molar-refractivity contribution in [1.82, 2.24) is 4.98 Å². The van der Waals surface area contributed by atoms with Gasteiger partial charge in [0, 0.05) is 25.0 Å². The largest absolute Gasteiger partial charge is 0.352 e. The second-order valence-electron chi connectivity index (χ2n) is 7.25. The maximum atomic E-state index is 14.0. The zero-order valence-electron chi connectivity index (χ0n) is 16.9. The summed E-state index contributed by atoms with van der Waals surface area (Å²) in [6.07, 6.45) is 2.77. The van der Waals surface area contributed by atoms with Crippen LogP contribution < -0.4 is 10.2 Å². The average Bonchev–Trinajstić information content (AvgIpc) is 2.75. The molecule has 31 heavy (non-hydrogen) atoms. The predicted octanol–water partition coefficient (Wildman–Crippen LogP) is 6.23. The zero-order chi connectivity index (χ0) is 21.1. The number of benzene rings is 2. The van der Waals surface area contributed by atoms with E-state index in [0.29, 0.717) is 5.69 Å². The summed E-state index contributed by atoms with van der Waals surface area (Å²) in [6.45, 7) is 3.87. The van der Waals surface area contributed by atoms with Crippen molar-refractivity contribution in [1.29, 1.82) is 0 Å². The summed E-state index contributed by atoms with van der Waals surface area (Å²) in [5, 5.41) is 2.80. The first-order valence-electron chi connectivity index (χ1n) is 9.73. The van der Waals surface area contributed by atoms with Crippen molar-refractivity contribution in [3.63, 3.8) is 0 Å². The maximum Gasteiger partial charge on any atom is 0.260 e. The van der Waals surface area contributed by atoms with Crippen molar-refractivity contribution in [3.05, 3.63) is 94.4 Å². The molecule has 4 nitrogen and oxygen atoms in total. The molecule has 0 bridgehead atoms. The van der Waals surface area contributed by atoms with Gasteiger partial charge in [0.25, 0.3) is 5.91 Å². The molecule has 0 saturated carbocycles. The first-order valence-corrected chi connectivity index (χ1v) is 10.1. The van der Waals surface area contributed by atoms with Crippen molar-refractivity contribution in [2.45, 2.75) is 13.3 Å². The van der Waals surface area contributed by atoms with E-state index in [4.69, 9.17) is 11.6 Å². The molecule has 0 spiro atoms. The number of carbonyl (C=O) groups is 1. The maximum absolute atomic E-state index is 14.0. The van der Waals surface area contributed by atoms with Crippen LogP contribution in [0, 0.1) is 5.82 Å². The molecule has 0 saturated heterocycles. The van der Waals surface area contributed by atoms with Crippen LogP contribution in [0.5, 0.6) is 0 Å². The summed E-state index contributed by atoms with van der Waals surface area (Å²) in [5.74, 6) is -0.248. The third kappa shape index (κ3) is 5.06. The van der Waals surface area contributed by atoms with Crippen LogP contribution in [-0.4, -0.2) is 24.0 Å². The summed E-state index contributed by atoms with van der Waals surface area (Å²) in [6, 6.07) is 17.7. The Morgan fingerprint density at radius 1 is 1.10 bits per heavy atom. The van der Waals surface area contributed by atoms with Gasteiger partial charge in [-0.1, -0.05) is 41.4 Å². The normalized spacial score (nSPS) is 13.6. The van der Waals surface area contributed by atoms with Gasteiger partial charge in [-0.25, -0.2) is 9.37 Å². The number of carbonyl (C=O) groups excluding carboxylic acids is 1. The number of hydrogen-bond acceptors (Lipinski definition) is 3. The molecule has 2 aromatic carbocycles. The Kier molecular flexibility index (Phi) is 7.31. The summed E-state index contributed by atoms with van der Waals surface area (Å²) >= 11 is 5.98. The minimum atomic E-state index is -0.644. The van der Waals surface area contributed by atoms with E-state index in [2.05, 4.69) is 22.1 Å². The fourth-order valence-electron chi connectivity index (χ4n) is 3.60. The number of rotatable bonds is 4. The van der Waals surface area contributed by atoms with E-state index in [-0.39, 0.29) is 23.0 Å². The lowest BCUT2D eigenvalue weighted by Crippen LogP contribution is -2.31. The molecule has 7 heteroatoms. The minimum Gasteiger partial charge on any atom is -0.352 e. The van der Waals surface area contributed by atoms with Crippen molar-refractivity contribution in [2.75, 3.05) is 23.3 Å². The number of halogens is 3. The van der Waals surface area contributed by atoms with E-state index in [9.17, 15) is 9.18 Å².